The van der Waals surface area contributed by atoms with Gasteiger partial charge in [0, 0.05) is 25.5 Å². The largest absolute Gasteiger partial charge is 0.316 e. The van der Waals surface area contributed by atoms with E-state index in [9.17, 15) is 9.59 Å². The number of hydrogen-bond acceptors (Lipinski definition) is 4. The van der Waals surface area contributed by atoms with E-state index in [-0.39, 0.29) is 6.04 Å². The van der Waals surface area contributed by atoms with Crippen molar-refractivity contribution in [3.63, 3.8) is 0 Å². The predicted octanol–water partition coefficient (Wildman–Crippen LogP) is 1.15. The zero-order valence-corrected chi connectivity index (χ0v) is 12.5. The van der Waals surface area contributed by atoms with E-state index in [1.165, 1.54) is 4.57 Å². The fraction of sp³-hybridized carbons (Fsp3) is 0.429. The third-order valence-electron chi connectivity index (χ3n) is 4.01. The monoisotopic (exact) mass is 308 g/mol. The first-order chi connectivity index (χ1) is 10.1. The molecule has 1 aromatic heterocycles. The highest BCUT2D eigenvalue weighted by atomic mass is 35.5. The molecule has 1 aliphatic carbocycles. The summed E-state index contributed by atoms with van der Waals surface area (Å²) in [6.45, 7) is 0.323. The van der Waals surface area contributed by atoms with E-state index in [2.05, 4.69) is 5.43 Å². The highest BCUT2D eigenvalue weighted by Gasteiger charge is 2.21. The normalized spacial score (nSPS) is 18.7. The Hall–Kier alpha value is -1.95. The van der Waals surface area contributed by atoms with Crippen LogP contribution in [-0.2, 0) is 6.54 Å². The van der Waals surface area contributed by atoms with Gasteiger partial charge in [0.25, 0.3) is 0 Å². The van der Waals surface area contributed by atoms with Gasteiger partial charge in [-0.1, -0.05) is 11.6 Å². The SMILES string of the molecule is CN1NC(Cl)=CC=C1Cn1ccn(C2CCC2)c(=O)c1=O. The molecule has 2 heterocycles. The van der Waals surface area contributed by atoms with Gasteiger partial charge in [0.15, 0.2) is 0 Å². The van der Waals surface area contributed by atoms with Gasteiger partial charge in [-0.2, -0.15) is 0 Å². The fourth-order valence-electron chi connectivity index (χ4n) is 2.48. The van der Waals surface area contributed by atoms with Crippen molar-refractivity contribution < 1.29 is 0 Å². The van der Waals surface area contributed by atoms with E-state index in [0.29, 0.717) is 11.7 Å². The third kappa shape index (κ3) is 2.63. The van der Waals surface area contributed by atoms with Gasteiger partial charge in [-0.05, 0) is 31.4 Å². The van der Waals surface area contributed by atoms with E-state index in [1.54, 1.807) is 28.0 Å². The number of likely N-dealkylation sites (N-methyl/N-ethyl adjacent to an activating group) is 1. The Morgan fingerprint density at radius 1 is 1.24 bits per heavy atom. The van der Waals surface area contributed by atoms with Crippen molar-refractivity contribution >= 4 is 11.6 Å². The van der Waals surface area contributed by atoms with Crippen molar-refractivity contribution in [1.29, 1.82) is 0 Å². The molecule has 7 heteroatoms. The first-order valence-corrected chi connectivity index (χ1v) is 7.32. The molecular formula is C14H17ClN4O2. The van der Waals surface area contributed by atoms with E-state index >= 15 is 0 Å². The average Bonchev–Trinajstić information content (AvgIpc) is 2.39. The van der Waals surface area contributed by atoms with Crippen LogP contribution in [0.5, 0.6) is 0 Å². The van der Waals surface area contributed by atoms with Crippen LogP contribution >= 0.6 is 11.6 Å². The summed E-state index contributed by atoms with van der Waals surface area (Å²) in [5, 5.41) is 2.24. The maximum Gasteiger partial charge on any atom is 0.316 e. The first-order valence-electron chi connectivity index (χ1n) is 6.94. The van der Waals surface area contributed by atoms with Crippen molar-refractivity contribution in [3.05, 3.63) is 56.1 Å². The number of allylic oxidation sites excluding steroid dienone is 3. The molecule has 0 amide bonds. The van der Waals surface area contributed by atoms with Crippen LogP contribution in [0.25, 0.3) is 0 Å². The second-order valence-electron chi connectivity index (χ2n) is 5.37. The molecule has 1 aromatic rings. The number of aromatic nitrogens is 2. The van der Waals surface area contributed by atoms with Gasteiger partial charge in [-0.25, -0.2) is 0 Å². The lowest BCUT2D eigenvalue weighted by molar-refractivity contribution is 0.299. The van der Waals surface area contributed by atoms with Gasteiger partial charge in [0.05, 0.1) is 12.2 Å². The van der Waals surface area contributed by atoms with Gasteiger partial charge in [-0.3, -0.25) is 20.0 Å². The Morgan fingerprint density at radius 3 is 2.62 bits per heavy atom. The Balaban J connectivity index is 1.88. The second kappa shape index (κ2) is 5.44. The first kappa shape index (κ1) is 14.0. The predicted molar refractivity (Wildman–Crippen MR) is 80.8 cm³/mol. The molecule has 1 saturated carbocycles. The summed E-state index contributed by atoms with van der Waals surface area (Å²) < 4.78 is 2.99. The topological polar surface area (TPSA) is 59.3 Å². The van der Waals surface area contributed by atoms with Crippen LogP contribution in [0.3, 0.4) is 0 Å². The Bertz CT molecular complexity index is 727. The number of nitrogens with zero attached hydrogens (tertiary/aromatic N) is 3. The summed E-state index contributed by atoms with van der Waals surface area (Å²) in [5.41, 5.74) is 2.85. The molecule has 0 atom stereocenters. The zero-order valence-electron chi connectivity index (χ0n) is 11.8. The Morgan fingerprint density at radius 2 is 2.00 bits per heavy atom. The molecule has 0 saturated heterocycles. The highest BCUT2D eigenvalue weighted by Crippen LogP contribution is 2.29. The molecular weight excluding hydrogens is 292 g/mol. The lowest BCUT2D eigenvalue weighted by Crippen LogP contribution is -2.44. The molecule has 1 aliphatic heterocycles. The molecule has 3 rings (SSSR count). The van der Waals surface area contributed by atoms with Crippen molar-refractivity contribution in [2.45, 2.75) is 31.8 Å². The van der Waals surface area contributed by atoms with Crippen LogP contribution < -0.4 is 16.5 Å². The number of rotatable bonds is 3. The maximum absolute atomic E-state index is 12.2. The molecule has 0 radical (unpaired) electrons. The number of hydrazine groups is 1. The Kier molecular flexibility index (Phi) is 3.63. The molecule has 21 heavy (non-hydrogen) atoms. The van der Waals surface area contributed by atoms with Crippen LogP contribution in [0.4, 0.5) is 0 Å². The van der Waals surface area contributed by atoms with Crippen LogP contribution in [0.15, 0.2) is 45.0 Å². The summed E-state index contributed by atoms with van der Waals surface area (Å²) in [5.74, 6) is 0. The van der Waals surface area contributed by atoms with E-state index in [0.717, 1.165) is 25.0 Å². The molecule has 1 fully saturated rings. The quantitative estimate of drug-likeness (QED) is 0.672. The van der Waals surface area contributed by atoms with Crippen molar-refractivity contribution in [3.8, 4) is 0 Å². The second-order valence-corrected chi connectivity index (χ2v) is 5.78. The van der Waals surface area contributed by atoms with E-state index < -0.39 is 11.1 Å². The molecule has 6 nitrogen and oxygen atoms in total. The van der Waals surface area contributed by atoms with E-state index in [4.69, 9.17) is 11.6 Å². The van der Waals surface area contributed by atoms with Crippen molar-refractivity contribution in [1.82, 2.24) is 19.6 Å². The molecule has 2 aliphatic rings. The van der Waals surface area contributed by atoms with Gasteiger partial charge >= 0.3 is 11.1 Å². The average molecular weight is 309 g/mol. The summed E-state index contributed by atoms with van der Waals surface area (Å²) in [7, 11) is 1.81. The van der Waals surface area contributed by atoms with E-state index in [1.807, 2.05) is 13.1 Å². The molecule has 1 N–H and O–H groups in total. The summed E-state index contributed by atoms with van der Waals surface area (Å²) in [6.07, 6.45) is 10.0. The van der Waals surface area contributed by atoms with Crippen LogP contribution in [-0.4, -0.2) is 21.2 Å². The number of halogens is 1. The smallest absolute Gasteiger partial charge is 0.306 e. The number of hydrogen-bond donors (Lipinski definition) is 1. The minimum atomic E-state index is -0.487. The zero-order chi connectivity index (χ0) is 15.0. The highest BCUT2D eigenvalue weighted by molar-refractivity contribution is 6.29. The molecule has 0 bridgehead atoms. The fourth-order valence-corrected chi connectivity index (χ4v) is 2.67. The van der Waals surface area contributed by atoms with Crippen LogP contribution in [0.1, 0.15) is 25.3 Å². The van der Waals surface area contributed by atoms with Gasteiger partial charge < -0.3 is 9.13 Å². The summed E-state index contributed by atoms with van der Waals surface area (Å²) in [4.78, 5) is 24.3. The minimum Gasteiger partial charge on any atom is -0.306 e. The Labute approximate surface area is 126 Å². The summed E-state index contributed by atoms with van der Waals surface area (Å²) in [6, 6.07) is 0.194. The van der Waals surface area contributed by atoms with Crippen molar-refractivity contribution in [2.24, 2.45) is 0 Å². The molecule has 0 aromatic carbocycles. The number of nitrogens with one attached hydrogen (secondary N) is 1. The lowest BCUT2D eigenvalue weighted by atomic mass is 9.93. The molecule has 0 spiro atoms. The lowest BCUT2D eigenvalue weighted by Gasteiger charge is -2.28. The van der Waals surface area contributed by atoms with Crippen LogP contribution in [0.2, 0.25) is 0 Å². The van der Waals surface area contributed by atoms with Crippen molar-refractivity contribution in [2.75, 3.05) is 7.05 Å². The van der Waals surface area contributed by atoms with Crippen LogP contribution in [0, 0.1) is 0 Å². The maximum atomic E-state index is 12.2. The third-order valence-corrected chi connectivity index (χ3v) is 4.22. The summed E-state index contributed by atoms with van der Waals surface area (Å²) >= 11 is 5.86. The molecule has 0 unspecified atom stereocenters. The standard InChI is InChI=1S/C14H17ClN4O2/c1-17-11(5-6-12(15)16-17)9-18-7-8-19(10-3-2-4-10)14(21)13(18)20/h5-8,10,16H,2-4,9H2,1H3. The minimum absolute atomic E-state index is 0.194. The molecule has 112 valence electrons. The van der Waals surface area contributed by atoms with Gasteiger partial charge in [-0.15, -0.1) is 0 Å². The van der Waals surface area contributed by atoms with Gasteiger partial charge in [0.1, 0.15) is 5.16 Å². The van der Waals surface area contributed by atoms with Gasteiger partial charge in [0.2, 0.25) is 0 Å².